The van der Waals surface area contributed by atoms with E-state index < -0.39 is 0 Å². The van der Waals surface area contributed by atoms with Crippen molar-refractivity contribution in [3.8, 4) is 0 Å². The quantitative estimate of drug-likeness (QED) is 0.822. The van der Waals surface area contributed by atoms with Crippen LogP contribution in [0.15, 0.2) is 54.9 Å². The molecule has 0 aliphatic heterocycles. The number of rotatable bonds is 6. The summed E-state index contributed by atoms with van der Waals surface area (Å²) in [6, 6.07) is 14.8. The van der Waals surface area contributed by atoms with E-state index in [4.69, 9.17) is 12.2 Å². The van der Waals surface area contributed by atoms with Crippen molar-refractivity contribution < 1.29 is 0 Å². The highest BCUT2D eigenvalue weighted by atomic mass is 32.1. The number of hydrogen-bond donors (Lipinski definition) is 1. The fraction of sp³-hybridized carbons (Fsp3) is 0.333. The molecule has 1 aromatic carbocycles. The maximum atomic E-state index is 5.61. The summed E-state index contributed by atoms with van der Waals surface area (Å²) in [7, 11) is 0. The van der Waals surface area contributed by atoms with Gasteiger partial charge in [0, 0.05) is 31.5 Å². The lowest BCUT2D eigenvalue weighted by Gasteiger charge is -2.28. The lowest BCUT2D eigenvalue weighted by atomic mass is 10.2. The van der Waals surface area contributed by atoms with Gasteiger partial charge in [-0.15, -0.1) is 0 Å². The van der Waals surface area contributed by atoms with Crippen LogP contribution in [-0.2, 0) is 13.1 Å². The summed E-state index contributed by atoms with van der Waals surface area (Å²) >= 11 is 5.61. The van der Waals surface area contributed by atoms with E-state index in [1.807, 2.05) is 18.3 Å². The van der Waals surface area contributed by atoms with Gasteiger partial charge in [0.15, 0.2) is 5.11 Å². The van der Waals surface area contributed by atoms with Gasteiger partial charge >= 0.3 is 0 Å². The van der Waals surface area contributed by atoms with E-state index in [1.54, 1.807) is 6.20 Å². The van der Waals surface area contributed by atoms with Gasteiger partial charge in [0.2, 0.25) is 0 Å². The maximum absolute atomic E-state index is 5.61. The number of thiocarbonyl (C=S) groups is 1. The predicted molar refractivity (Wildman–Crippen MR) is 95.4 cm³/mol. The van der Waals surface area contributed by atoms with E-state index in [0.717, 1.165) is 30.2 Å². The van der Waals surface area contributed by atoms with Crippen LogP contribution < -0.4 is 5.32 Å². The molecule has 0 unspecified atom stereocenters. The van der Waals surface area contributed by atoms with Gasteiger partial charge in [-0.1, -0.05) is 43.3 Å². The van der Waals surface area contributed by atoms with E-state index in [1.165, 1.54) is 5.56 Å². The van der Waals surface area contributed by atoms with E-state index in [0.29, 0.717) is 6.04 Å². The van der Waals surface area contributed by atoms with Crippen LogP contribution in [0.1, 0.15) is 31.4 Å². The Morgan fingerprint density at radius 3 is 2.45 bits per heavy atom. The number of pyridine rings is 1. The van der Waals surface area contributed by atoms with E-state index >= 15 is 0 Å². The summed E-state index contributed by atoms with van der Waals surface area (Å²) in [6.07, 6.45) is 4.73. The van der Waals surface area contributed by atoms with Crippen molar-refractivity contribution in [3.05, 3.63) is 66.0 Å². The summed E-state index contributed by atoms with van der Waals surface area (Å²) in [6.45, 7) is 5.85. The summed E-state index contributed by atoms with van der Waals surface area (Å²) in [5, 5.41) is 4.20. The third-order valence-electron chi connectivity index (χ3n) is 3.58. The molecule has 0 radical (unpaired) electrons. The van der Waals surface area contributed by atoms with Gasteiger partial charge < -0.3 is 10.2 Å². The topological polar surface area (TPSA) is 28.2 Å². The van der Waals surface area contributed by atoms with Crippen LogP contribution in [0.25, 0.3) is 0 Å². The molecule has 0 spiro atoms. The first-order valence-corrected chi connectivity index (χ1v) is 8.08. The number of nitrogens with one attached hydrogen (secondary N) is 1. The zero-order chi connectivity index (χ0) is 15.8. The van der Waals surface area contributed by atoms with Crippen LogP contribution in [0.2, 0.25) is 0 Å². The number of nitrogens with zero attached hydrogens (tertiary/aromatic N) is 2. The monoisotopic (exact) mass is 313 g/mol. The Morgan fingerprint density at radius 1 is 1.14 bits per heavy atom. The van der Waals surface area contributed by atoms with E-state index in [2.05, 4.69) is 59.4 Å². The zero-order valence-corrected chi connectivity index (χ0v) is 14.0. The highest BCUT2D eigenvalue weighted by molar-refractivity contribution is 7.80. The fourth-order valence-corrected chi connectivity index (χ4v) is 2.45. The molecule has 1 atom stereocenters. The molecule has 2 aromatic rings. The Bertz CT molecular complexity index is 530. The highest BCUT2D eigenvalue weighted by Crippen LogP contribution is 2.10. The number of aromatic nitrogens is 1. The molecule has 3 nitrogen and oxygen atoms in total. The van der Waals surface area contributed by atoms with Gasteiger partial charge in [-0.05, 0) is 42.8 Å². The molecule has 1 aromatic heterocycles. The Balaban J connectivity index is 2.11. The molecule has 0 fully saturated rings. The third-order valence-corrected chi connectivity index (χ3v) is 3.96. The average molecular weight is 313 g/mol. The van der Waals surface area contributed by atoms with Crippen LogP contribution >= 0.6 is 12.2 Å². The van der Waals surface area contributed by atoms with Gasteiger partial charge in [0.25, 0.3) is 0 Å². The standard InChI is InChI=1S/C18H23N3S/c1-3-15(2)20-18(22)21(13-16-8-5-4-6-9-16)14-17-10-7-11-19-12-17/h4-12,15H,3,13-14H2,1-2H3,(H,20,22)/t15-/m1/s1. The SMILES string of the molecule is CC[C@@H](C)NC(=S)N(Cc1ccccc1)Cc1cccnc1. The summed E-state index contributed by atoms with van der Waals surface area (Å²) in [4.78, 5) is 6.38. The third kappa shape index (κ3) is 5.11. The van der Waals surface area contributed by atoms with Crippen molar-refractivity contribution in [2.24, 2.45) is 0 Å². The molecule has 0 amide bonds. The Morgan fingerprint density at radius 2 is 1.82 bits per heavy atom. The second-order valence-electron chi connectivity index (χ2n) is 5.46. The van der Waals surface area contributed by atoms with Crippen LogP contribution in [0.4, 0.5) is 0 Å². The molecular weight excluding hydrogens is 290 g/mol. The Hall–Kier alpha value is -1.94. The summed E-state index contributed by atoms with van der Waals surface area (Å²) in [5.41, 5.74) is 2.41. The Kier molecular flexibility index (Phi) is 6.34. The summed E-state index contributed by atoms with van der Waals surface area (Å²) in [5.74, 6) is 0. The van der Waals surface area contributed by atoms with Crippen molar-refractivity contribution in [2.45, 2.75) is 39.4 Å². The first kappa shape index (κ1) is 16.4. The molecule has 2 rings (SSSR count). The first-order chi connectivity index (χ1) is 10.7. The van der Waals surface area contributed by atoms with Crippen molar-refractivity contribution >= 4 is 17.3 Å². The molecule has 0 aliphatic carbocycles. The molecule has 0 bridgehead atoms. The molecule has 1 N–H and O–H groups in total. The minimum atomic E-state index is 0.375. The van der Waals surface area contributed by atoms with E-state index in [9.17, 15) is 0 Å². The van der Waals surface area contributed by atoms with Gasteiger partial charge in [0.05, 0.1) is 0 Å². The zero-order valence-electron chi connectivity index (χ0n) is 13.2. The number of hydrogen-bond acceptors (Lipinski definition) is 2. The molecule has 0 saturated carbocycles. The molecule has 0 saturated heterocycles. The lowest BCUT2D eigenvalue weighted by Crippen LogP contribution is -2.42. The van der Waals surface area contributed by atoms with Crippen molar-refractivity contribution in [3.63, 3.8) is 0 Å². The van der Waals surface area contributed by atoms with Crippen LogP contribution in [0, 0.1) is 0 Å². The molecule has 22 heavy (non-hydrogen) atoms. The normalized spacial score (nSPS) is 11.7. The largest absolute Gasteiger partial charge is 0.360 e. The number of benzene rings is 1. The first-order valence-electron chi connectivity index (χ1n) is 7.67. The average Bonchev–Trinajstić information content (AvgIpc) is 2.56. The highest BCUT2D eigenvalue weighted by Gasteiger charge is 2.13. The minimum Gasteiger partial charge on any atom is -0.360 e. The second kappa shape index (κ2) is 8.49. The molecule has 4 heteroatoms. The molecule has 0 aliphatic rings. The van der Waals surface area contributed by atoms with Crippen LogP contribution in [0.5, 0.6) is 0 Å². The lowest BCUT2D eigenvalue weighted by molar-refractivity contribution is 0.391. The predicted octanol–water partition coefficient (Wildman–Crippen LogP) is 3.76. The smallest absolute Gasteiger partial charge is 0.169 e. The fourth-order valence-electron chi connectivity index (χ4n) is 2.12. The maximum Gasteiger partial charge on any atom is 0.169 e. The Labute approximate surface area is 138 Å². The molecule has 1 heterocycles. The van der Waals surface area contributed by atoms with Gasteiger partial charge in [-0.25, -0.2) is 0 Å². The van der Waals surface area contributed by atoms with Crippen LogP contribution in [0.3, 0.4) is 0 Å². The van der Waals surface area contributed by atoms with Crippen molar-refractivity contribution in [2.75, 3.05) is 0 Å². The minimum absolute atomic E-state index is 0.375. The van der Waals surface area contributed by atoms with Gasteiger partial charge in [-0.3, -0.25) is 4.98 Å². The van der Waals surface area contributed by atoms with Gasteiger partial charge in [0.1, 0.15) is 0 Å². The summed E-state index contributed by atoms with van der Waals surface area (Å²) < 4.78 is 0. The van der Waals surface area contributed by atoms with E-state index in [-0.39, 0.29) is 0 Å². The van der Waals surface area contributed by atoms with Crippen molar-refractivity contribution in [1.29, 1.82) is 0 Å². The molecule has 116 valence electrons. The van der Waals surface area contributed by atoms with Gasteiger partial charge in [-0.2, -0.15) is 0 Å². The second-order valence-corrected chi connectivity index (χ2v) is 5.85. The van der Waals surface area contributed by atoms with Crippen LogP contribution in [-0.4, -0.2) is 21.0 Å². The van der Waals surface area contributed by atoms with Crippen molar-refractivity contribution in [1.82, 2.24) is 15.2 Å². The molecular formula is C18H23N3S.